The van der Waals surface area contributed by atoms with E-state index in [2.05, 4.69) is 0 Å². The summed E-state index contributed by atoms with van der Waals surface area (Å²) in [5, 5.41) is 0. The van der Waals surface area contributed by atoms with Crippen molar-refractivity contribution in [3.05, 3.63) is 64.7 Å². The van der Waals surface area contributed by atoms with Gasteiger partial charge in [-0.2, -0.15) is 0 Å². The Bertz CT molecular complexity index is 1180. The third kappa shape index (κ3) is 4.59. The van der Waals surface area contributed by atoms with Gasteiger partial charge in [0.15, 0.2) is 11.5 Å². The Kier molecular flexibility index (Phi) is 7.89. The topological polar surface area (TPSA) is 72.5 Å². The van der Waals surface area contributed by atoms with Gasteiger partial charge < -0.3 is 28.4 Å². The van der Waals surface area contributed by atoms with Crippen molar-refractivity contribution in [1.82, 2.24) is 0 Å². The molecule has 7 heteroatoms. The molecular weight excluding hydrogens is 436 g/mol. The van der Waals surface area contributed by atoms with Gasteiger partial charge in [-0.05, 0) is 41.8 Å². The molecule has 3 rings (SSSR count). The van der Waals surface area contributed by atoms with Crippen LogP contribution in [0.4, 0.5) is 0 Å². The molecule has 0 saturated carbocycles. The summed E-state index contributed by atoms with van der Waals surface area (Å²) in [5.74, 6) is 2.31. The van der Waals surface area contributed by atoms with Crippen molar-refractivity contribution in [2.24, 2.45) is 0 Å². The van der Waals surface area contributed by atoms with Crippen LogP contribution in [0.25, 0.3) is 11.1 Å². The van der Waals surface area contributed by atoms with Gasteiger partial charge in [-0.3, -0.25) is 0 Å². The van der Waals surface area contributed by atoms with Crippen LogP contribution in [-0.2, 0) is 11.2 Å². The lowest BCUT2D eigenvalue weighted by Crippen LogP contribution is -2.07. The number of hydrogen-bond acceptors (Lipinski definition) is 7. The zero-order valence-electron chi connectivity index (χ0n) is 20.6. The Hall–Kier alpha value is -3.87. The van der Waals surface area contributed by atoms with Crippen LogP contribution in [0.5, 0.6) is 28.7 Å². The van der Waals surface area contributed by atoms with E-state index in [0.717, 1.165) is 27.8 Å². The predicted molar refractivity (Wildman–Crippen MR) is 130 cm³/mol. The van der Waals surface area contributed by atoms with Crippen LogP contribution in [-0.4, -0.2) is 48.6 Å². The van der Waals surface area contributed by atoms with E-state index < -0.39 is 5.97 Å². The average Bonchev–Trinajstić information content (AvgIpc) is 2.88. The van der Waals surface area contributed by atoms with E-state index >= 15 is 0 Å². The molecule has 0 N–H and O–H groups in total. The molecule has 3 aromatic carbocycles. The van der Waals surface area contributed by atoms with E-state index in [4.69, 9.17) is 28.4 Å². The Morgan fingerprint density at radius 2 is 1.38 bits per heavy atom. The molecule has 180 valence electrons. The van der Waals surface area contributed by atoms with Crippen molar-refractivity contribution in [3.8, 4) is 39.9 Å². The molecule has 0 heterocycles. The maximum Gasteiger partial charge on any atom is 0.338 e. The first-order valence-corrected chi connectivity index (χ1v) is 10.6. The molecule has 7 nitrogen and oxygen atoms in total. The molecule has 0 aliphatic carbocycles. The zero-order valence-corrected chi connectivity index (χ0v) is 20.6. The summed E-state index contributed by atoms with van der Waals surface area (Å²) >= 11 is 0. The molecule has 0 spiro atoms. The van der Waals surface area contributed by atoms with Crippen molar-refractivity contribution in [1.29, 1.82) is 0 Å². The lowest BCUT2D eigenvalue weighted by atomic mass is 9.93. The SMILES string of the molecule is COC(=O)c1cc(Cc2c(C)c(OC)c(OC)c(OC)c2OC)ccc1-c1cccc(OC)c1. The van der Waals surface area contributed by atoms with Crippen LogP contribution in [0.3, 0.4) is 0 Å². The number of hydrogen-bond donors (Lipinski definition) is 0. The molecule has 0 aliphatic rings. The first-order valence-electron chi connectivity index (χ1n) is 10.6. The fraction of sp³-hybridized carbons (Fsp3) is 0.296. The van der Waals surface area contributed by atoms with Crippen LogP contribution in [0, 0.1) is 6.92 Å². The van der Waals surface area contributed by atoms with Gasteiger partial charge >= 0.3 is 5.97 Å². The molecule has 0 saturated heterocycles. The maximum absolute atomic E-state index is 12.7. The lowest BCUT2D eigenvalue weighted by molar-refractivity contribution is 0.0601. The van der Waals surface area contributed by atoms with Crippen LogP contribution < -0.4 is 23.7 Å². The van der Waals surface area contributed by atoms with Gasteiger partial charge in [0.1, 0.15) is 5.75 Å². The second-order valence-electron chi connectivity index (χ2n) is 7.52. The molecule has 3 aromatic rings. The van der Waals surface area contributed by atoms with Gasteiger partial charge in [0.05, 0.1) is 48.2 Å². The van der Waals surface area contributed by atoms with Crippen molar-refractivity contribution < 1.29 is 33.2 Å². The van der Waals surface area contributed by atoms with Crippen LogP contribution in [0.2, 0.25) is 0 Å². The van der Waals surface area contributed by atoms with Crippen molar-refractivity contribution in [2.45, 2.75) is 13.3 Å². The fourth-order valence-electron chi connectivity index (χ4n) is 4.09. The first-order chi connectivity index (χ1) is 16.4. The second kappa shape index (κ2) is 10.8. The van der Waals surface area contributed by atoms with Gasteiger partial charge in [-0.25, -0.2) is 4.79 Å². The number of esters is 1. The molecule has 0 fully saturated rings. The van der Waals surface area contributed by atoms with E-state index in [0.29, 0.717) is 40.7 Å². The van der Waals surface area contributed by atoms with Gasteiger partial charge in [-0.1, -0.05) is 24.3 Å². The van der Waals surface area contributed by atoms with Crippen molar-refractivity contribution >= 4 is 5.97 Å². The van der Waals surface area contributed by atoms with Gasteiger partial charge in [0.2, 0.25) is 11.5 Å². The number of carbonyl (C=O) groups is 1. The van der Waals surface area contributed by atoms with Gasteiger partial charge in [0.25, 0.3) is 0 Å². The zero-order chi connectivity index (χ0) is 24.8. The minimum absolute atomic E-state index is 0.423. The molecule has 0 radical (unpaired) electrons. The van der Waals surface area contributed by atoms with E-state index in [-0.39, 0.29) is 0 Å². The highest BCUT2D eigenvalue weighted by molar-refractivity contribution is 5.97. The van der Waals surface area contributed by atoms with E-state index in [1.165, 1.54) is 7.11 Å². The summed E-state index contributed by atoms with van der Waals surface area (Å²) in [6.45, 7) is 1.93. The summed E-state index contributed by atoms with van der Waals surface area (Å²) in [5.41, 5.74) is 4.67. The molecule has 34 heavy (non-hydrogen) atoms. The number of carbonyl (C=O) groups excluding carboxylic acids is 1. The standard InChI is InChI=1S/C27H30O7/c1-16-21(24(31-4)26(33-6)25(32-5)23(16)30-3)13-17-11-12-20(22(14-17)27(28)34-7)18-9-8-10-19(15-18)29-2/h8-12,14-15H,13H2,1-7H3. The molecule has 0 bridgehead atoms. The minimum Gasteiger partial charge on any atom is -0.497 e. The molecule has 0 aromatic heterocycles. The molecule has 0 amide bonds. The quantitative estimate of drug-likeness (QED) is 0.407. The largest absolute Gasteiger partial charge is 0.497 e. The fourth-order valence-corrected chi connectivity index (χ4v) is 4.09. The lowest BCUT2D eigenvalue weighted by Gasteiger charge is -2.22. The molecule has 0 unspecified atom stereocenters. The molecular formula is C27H30O7. The highest BCUT2D eigenvalue weighted by Crippen LogP contribution is 2.49. The molecule has 0 aliphatic heterocycles. The van der Waals surface area contributed by atoms with E-state index in [9.17, 15) is 4.79 Å². The summed E-state index contributed by atoms with van der Waals surface area (Å²) in [4.78, 5) is 12.7. The minimum atomic E-state index is -0.423. The Morgan fingerprint density at radius 1 is 0.735 bits per heavy atom. The number of ether oxygens (including phenoxy) is 6. The van der Waals surface area contributed by atoms with Crippen LogP contribution in [0.1, 0.15) is 27.0 Å². The number of methoxy groups -OCH3 is 6. The number of rotatable bonds is 9. The van der Waals surface area contributed by atoms with Crippen LogP contribution in [0.15, 0.2) is 42.5 Å². The summed E-state index contributed by atoms with van der Waals surface area (Å²) in [6.07, 6.45) is 0.466. The first kappa shape index (κ1) is 24.8. The Morgan fingerprint density at radius 3 is 1.97 bits per heavy atom. The normalized spacial score (nSPS) is 10.4. The third-order valence-electron chi connectivity index (χ3n) is 5.75. The van der Waals surface area contributed by atoms with Gasteiger partial charge in [0, 0.05) is 17.5 Å². The highest BCUT2D eigenvalue weighted by Gasteiger charge is 2.26. The van der Waals surface area contributed by atoms with Crippen molar-refractivity contribution in [3.63, 3.8) is 0 Å². The maximum atomic E-state index is 12.7. The summed E-state index contributed by atoms with van der Waals surface area (Å²) < 4.78 is 32.9. The Labute approximate surface area is 200 Å². The summed E-state index contributed by atoms with van der Waals surface area (Å²) in [7, 11) is 9.25. The third-order valence-corrected chi connectivity index (χ3v) is 5.75. The van der Waals surface area contributed by atoms with Gasteiger partial charge in [-0.15, -0.1) is 0 Å². The van der Waals surface area contributed by atoms with E-state index in [1.54, 1.807) is 35.5 Å². The smallest absolute Gasteiger partial charge is 0.338 e. The highest BCUT2D eigenvalue weighted by atomic mass is 16.5. The van der Waals surface area contributed by atoms with Crippen molar-refractivity contribution in [2.75, 3.05) is 42.7 Å². The molecule has 0 atom stereocenters. The second-order valence-corrected chi connectivity index (χ2v) is 7.52. The Balaban J connectivity index is 2.16. The predicted octanol–water partition coefficient (Wildman–Crippen LogP) is 5.08. The van der Waals surface area contributed by atoms with Crippen LogP contribution >= 0.6 is 0 Å². The monoisotopic (exact) mass is 466 g/mol. The summed E-state index contributed by atoms with van der Waals surface area (Å²) in [6, 6.07) is 13.3. The van der Waals surface area contributed by atoms with E-state index in [1.807, 2.05) is 49.4 Å². The average molecular weight is 467 g/mol. The number of benzene rings is 3.